The van der Waals surface area contributed by atoms with Crippen molar-refractivity contribution in [3.05, 3.63) is 0 Å². The van der Waals surface area contributed by atoms with E-state index in [1.54, 1.807) is 0 Å². The second-order valence-electron chi connectivity index (χ2n) is 5.42. The van der Waals surface area contributed by atoms with Crippen LogP contribution in [0, 0.1) is 5.41 Å². The summed E-state index contributed by atoms with van der Waals surface area (Å²) in [6.45, 7) is 2.86. The molecule has 2 nitrogen and oxygen atoms in total. The Morgan fingerprint density at radius 2 is 1.94 bits per heavy atom. The fraction of sp³-hybridized carbons (Fsp3) is 1.00. The number of aliphatic hydroxyl groups excluding tert-OH is 1. The fourth-order valence-corrected chi connectivity index (χ4v) is 2.45. The standard InChI is InChI=1S/C11H20F3NO/c1-10(2)6-4-5-8(9(10)16)15(3)7-11(12,13)14/h8-9,16H,4-7H2,1-3H3. The zero-order chi connectivity index (χ0) is 12.6. The molecule has 2 atom stereocenters. The number of rotatable bonds is 2. The van der Waals surface area contributed by atoms with E-state index in [1.807, 2.05) is 13.8 Å². The van der Waals surface area contributed by atoms with Gasteiger partial charge in [-0.25, -0.2) is 0 Å². The highest BCUT2D eigenvalue weighted by atomic mass is 19.4. The van der Waals surface area contributed by atoms with E-state index in [9.17, 15) is 18.3 Å². The molecular weight excluding hydrogens is 219 g/mol. The van der Waals surface area contributed by atoms with Crippen LogP contribution in [0.25, 0.3) is 0 Å². The molecule has 5 heteroatoms. The first kappa shape index (κ1) is 13.8. The van der Waals surface area contributed by atoms with E-state index in [0.29, 0.717) is 6.42 Å². The zero-order valence-corrected chi connectivity index (χ0v) is 10.0. The van der Waals surface area contributed by atoms with E-state index in [4.69, 9.17) is 0 Å². The van der Waals surface area contributed by atoms with Gasteiger partial charge in [0, 0.05) is 6.04 Å². The minimum absolute atomic E-state index is 0.289. The molecule has 0 heterocycles. The van der Waals surface area contributed by atoms with Crippen LogP contribution in [-0.4, -0.2) is 41.9 Å². The van der Waals surface area contributed by atoms with E-state index < -0.39 is 18.8 Å². The fourth-order valence-electron chi connectivity index (χ4n) is 2.45. The Kier molecular flexibility index (Phi) is 3.90. The molecule has 0 spiro atoms. The van der Waals surface area contributed by atoms with Crippen LogP contribution in [0.5, 0.6) is 0 Å². The van der Waals surface area contributed by atoms with Gasteiger partial charge in [0.25, 0.3) is 0 Å². The molecule has 1 N–H and O–H groups in total. The summed E-state index contributed by atoms with van der Waals surface area (Å²) < 4.78 is 36.8. The average Bonchev–Trinajstić information content (AvgIpc) is 2.06. The Hall–Kier alpha value is -0.290. The van der Waals surface area contributed by atoms with Crippen LogP contribution in [0.4, 0.5) is 13.2 Å². The van der Waals surface area contributed by atoms with Crippen LogP contribution in [-0.2, 0) is 0 Å². The third kappa shape index (κ3) is 3.35. The number of nitrogens with zero attached hydrogens (tertiary/aromatic N) is 1. The molecule has 1 aliphatic carbocycles. The highest BCUT2D eigenvalue weighted by molar-refractivity contribution is 4.92. The van der Waals surface area contributed by atoms with E-state index in [-0.39, 0.29) is 11.5 Å². The maximum Gasteiger partial charge on any atom is 0.401 e. The lowest BCUT2D eigenvalue weighted by molar-refractivity contribution is -0.159. The van der Waals surface area contributed by atoms with Crippen LogP contribution >= 0.6 is 0 Å². The zero-order valence-electron chi connectivity index (χ0n) is 10.0. The van der Waals surface area contributed by atoms with Crippen molar-refractivity contribution >= 4 is 0 Å². The van der Waals surface area contributed by atoms with Gasteiger partial charge in [-0.2, -0.15) is 13.2 Å². The van der Waals surface area contributed by atoms with Crippen molar-refractivity contribution < 1.29 is 18.3 Å². The summed E-state index contributed by atoms with van der Waals surface area (Å²) >= 11 is 0. The molecule has 0 radical (unpaired) electrons. The topological polar surface area (TPSA) is 23.5 Å². The van der Waals surface area contributed by atoms with Crippen LogP contribution < -0.4 is 0 Å². The highest BCUT2D eigenvalue weighted by Gasteiger charge is 2.42. The first-order valence-corrected chi connectivity index (χ1v) is 5.58. The minimum atomic E-state index is -4.20. The van der Waals surface area contributed by atoms with Crippen molar-refractivity contribution in [1.82, 2.24) is 4.90 Å². The third-order valence-electron chi connectivity index (χ3n) is 3.48. The van der Waals surface area contributed by atoms with Crippen LogP contribution in [0.3, 0.4) is 0 Å². The van der Waals surface area contributed by atoms with Gasteiger partial charge >= 0.3 is 6.18 Å². The van der Waals surface area contributed by atoms with Gasteiger partial charge in [-0.1, -0.05) is 20.3 Å². The normalized spacial score (nSPS) is 30.8. The predicted molar refractivity (Wildman–Crippen MR) is 56.1 cm³/mol. The summed E-state index contributed by atoms with van der Waals surface area (Å²) in [5, 5.41) is 10.1. The first-order valence-electron chi connectivity index (χ1n) is 5.58. The summed E-state index contributed by atoms with van der Waals surface area (Å²) in [5.74, 6) is 0. The van der Waals surface area contributed by atoms with Crippen LogP contribution in [0.2, 0.25) is 0 Å². The van der Waals surface area contributed by atoms with Gasteiger partial charge in [0.05, 0.1) is 12.6 Å². The summed E-state index contributed by atoms with van der Waals surface area (Å²) in [6.07, 6.45) is -2.51. The van der Waals surface area contributed by atoms with Gasteiger partial charge in [0.15, 0.2) is 0 Å². The third-order valence-corrected chi connectivity index (χ3v) is 3.48. The maximum absolute atomic E-state index is 12.3. The van der Waals surface area contributed by atoms with E-state index in [0.717, 1.165) is 12.8 Å². The molecule has 0 aromatic carbocycles. The Morgan fingerprint density at radius 3 is 2.44 bits per heavy atom. The van der Waals surface area contributed by atoms with Gasteiger partial charge < -0.3 is 5.11 Å². The predicted octanol–water partition coefficient (Wildman–Crippen LogP) is 2.42. The van der Waals surface area contributed by atoms with Crippen molar-refractivity contribution in [2.75, 3.05) is 13.6 Å². The van der Waals surface area contributed by atoms with Crippen molar-refractivity contribution in [2.24, 2.45) is 5.41 Å². The van der Waals surface area contributed by atoms with Crippen LogP contribution in [0.15, 0.2) is 0 Å². The Labute approximate surface area is 94.4 Å². The molecule has 1 rings (SSSR count). The lowest BCUT2D eigenvalue weighted by atomic mass is 9.72. The lowest BCUT2D eigenvalue weighted by Crippen LogP contribution is -2.53. The molecule has 2 unspecified atom stereocenters. The number of hydrogen-bond acceptors (Lipinski definition) is 2. The monoisotopic (exact) mass is 239 g/mol. The van der Waals surface area contributed by atoms with E-state index in [1.165, 1.54) is 11.9 Å². The molecule has 1 saturated carbocycles. The number of halogens is 3. The molecule has 0 amide bonds. The smallest absolute Gasteiger partial charge is 0.391 e. The number of hydrogen-bond donors (Lipinski definition) is 1. The average molecular weight is 239 g/mol. The molecule has 1 fully saturated rings. The molecule has 1 aliphatic rings. The second kappa shape index (κ2) is 4.53. The molecule has 96 valence electrons. The molecule has 0 saturated heterocycles. The highest BCUT2D eigenvalue weighted by Crippen LogP contribution is 2.37. The van der Waals surface area contributed by atoms with Crippen molar-refractivity contribution in [2.45, 2.75) is 51.4 Å². The quantitative estimate of drug-likeness (QED) is 0.800. The molecule has 0 aromatic rings. The number of alkyl halides is 3. The summed E-state index contributed by atoms with van der Waals surface area (Å²) in [4.78, 5) is 1.23. The summed E-state index contributed by atoms with van der Waals surface area (Å²) in [7, 11) is 1.43. The Bertz CT molecular complexity index is 240. The minimum Gasteiger partial charge on any atom is -0.391 e. The first-order chi connectivity index (χ1) is 7.13. The van der Waals surface area contributed by atoms with Crippen LogP contribution in [0.1, 0.15) is 33.1 Å². The number of likely N-dealkylation sites (N-methyl/N-ethyl adjacent to an activating group) is 1. The molecule has 16 heavy (non-hydrogen) atoms. The van der Waals surface area contributed by atoms with Gasteiger partial charge in [-0.15, -0.1) is 0 Å². The Balaban J connectivity index is 2.65. The lowest BCUT2D eigenvalue weighted by Gasteiger charge is -2.44. The molecule has 0 bridgehead atoms. The van der Waals surface area contributed by atoms with Crippen molar-refractivity contribution in [3.63, 3.8) is 0 Å². The summed E-state index contributed by atoms with van der Waals surface area (Å²) in [6, 6.07) is -0.384. The van der Waals surface area contributed by atoms with Gasteiger partial charge in [-0.3, -0.25) is 4.90 Å². The molecular formula is C11H20F3NO. The summed E-state index contributed by atoms with van der Waals surface area (Å²) in [5.41, 5.74) is -0.289. The van der Waals surface area contributed by atoms with Crippen molar-refractivity contribution in [3.8, 4) is 0 Å². The Morgan fingerprint density at radius 1 is 1.38 bits per heavy atom. The van der Waals surface area contributed by atoms with E-state index >= 15 is 0 Å². The SMILES string of the molecule is CN(CC(F)(F)F)C1CCCC(C)(C)C1O. The largest absolute Gasteiger partial charge is 0.401 e. The van der Waals surface area contributed by atoms with Crippen molar-refractivity contribution in [1.29, 1.82) is 0 Å². The molecule has 0 aromatic heterocycles. The van der Waals surface area contributed by atoms with Gasteiger partial charge in [0.1, 0.15) is 0 Å². The van der Waals surface area contributed by atoms with Gasteiger partial charge in [-0.05, 0) is 25.3 Å². The van der Waals surface area contributed by atoms with Gasteiger partial charge in [0.2, 0.25) is 0 Å². The molecule has 0 aliphatic heterocycles. The number of aliphatic hydroxyl groups is 1. The maximum atomic E-state index is 12.3. The van der Waals surface area contributed by atoms with E-state index in [2.05, 4.69) is 0 Å². The second-order valence-corrected chi connectivity index (χ2v) is 5.42.